The Labute approximate surface area is 164 Å². The number of rotatable bonds is 5. The van der Waals surface area contributed by atoms with Gasteiger partial charge in [-0.25, -0.2) is 10.4 Å². The van der Waals surface area contributed by atoms with Crippen LogP contribution in [0.5, 0.6) is 11.5 Å². The molecule has 2 aromatic carbocycles. The van der Waals surface area contributed by atoms with Gasteiger partial charge in [0.1, 0.15) is 13.2 Å². The minimum absolute atomic E-state index is 0.170. The molecule has 1 aliphatic heterocycles. The van der Waals surface area contributed by atoms with Crippen LogP contribution in [0.3, 0.4) is 0 Å². The first-order valence-electron chi connectivity index (χ1n) is 8.40. The summed E-state index contributed by atoms with van der Waals surface area (Å²) in [4.78, 5) is 16.6. The van der Waals surface area contributed by atoms with Crippen LogP contribution in [0.15, 0.2) is 51.9 Å². The molecule has 0 spiro atoms. The van der Waals surface area contributed by atoms with Crippen LogP contribution in [0.2, 0.25) is 0 Å². The third-order valence-corrected chi connectivity index (χ3v) is 6.09. The summed E-state index contributed by atoms with van der Waals surface area (Å²) >= 11 is 2.99. The standard InChI is InChI=1S/C19H17N3O3S2/c1-12(13-6-7-15-16(10-13)25-9-8-24-15)21-22-18(23)11-26-19-20-14-4-2-3-5-17(14)27-19/h2-7,10H,8-9,11H2,1H3,(H,22,23). The maximum absolute atomic E-state index is 12.1. The van der Waals surface area contributed by atoms with Crippen molar-refractivity contribution < 1.29 is 14.3 Å². The van der Waals surface area contributed by atoms with E-state index >= 15 is 0 Å². The molecule has 1 aromatic heterocycles. The van der Waals surface area contributed by atoms with E-state index in [0.29, 0.717) is 24.7 Å². The normalized spacial score (nSPS) is 13.6. The van der Waals surface area contributed by atoms with Crippen molar-refractivity contribution in [1.82, 2.24) is 10.4 Å². The average Bonchev–Trinajstić information content (AvgIpc) is 3.13. The summed E-state index contributed by atoms with van der Waals surface area (Å²) in [5.41, 5.74) is 5.13. The third-order valence-electron chi connectivity index (χ3n) is 3.91. The van der Waals surface area contributed by atoms with Gasteiger partial charge >= 0.3 is 0 Å². The largest absolute Gasteiger partial charge is 0.486 e. The Morgan fingerprint density at radius 3 is 2.89 bits per heavy atom. The fourth-order valence-electron chi connectivity index (χ4n) is 2.55. The monoisotopic (exact) mass is 399 g/mol. The number of para-hydroxylation sites is 1. The first-order valence-corrected chi connectivity index (χ1v) is 10.2. The molecule has 8 heteroatoms. The van der Waals surface area contributed by atoms with Crippen molar-refractivity contribution in [2.45, 2.75) is 11.3 Å². The molecule has 0 saturated carbocycles. The summed E-state index contributed by atoms with van der Waals surface area (Å²) in [5.74, 6) is 1.52. The molecular formula is C19H17N3O3S2. The number of fused-ring (bicyclic) bond motifs is 2. The molecule has 0 aliphatic carbocycles. The lowest BCUT2D eigenvalue weighted by atomic mass is 10.1. The fourth-order valence-corrected chi connectivity index (χ4v) is 4.41. The Balaban J connectivity index is 1.35. The molecule has 6 nitrogen and oxygen atoms in total. The van der Waals surface area contributed by atoms with Crippen molar-refractivity contribution in [2.24, 2.45) is 5.10 Å². The number of nitrogens with zero attached hydrogens (tertiary/aromatic N) is 2. The van der Waals surface area contributed by atoms with Gasteiger partial charge in [-0.1, -0.05) is 23.9 Å². The van der Waals surface area contributed by atoms with Gasteiger partial charge in [0, 0.05) is 5.56 Å². The number of hydrazone groups is 1. The van der Waals surface area contributed by atoms with Gasteiger partial charge < -0.3 is 9.47 Å². The molecule has 0 radical (unpaired) electrons. The van der Waals surface area contributed by atoms with E-state index in [1.807, 2.05) is 49.4 Å². The predicted molar refractivity (Wildman–Crippen MR) is 108 cm³/mol. The molecule has 2 heterocycles. The molecule has 0 saturated heterocycles. The van der Waals surface area contributed by atoms with E-state index in [0.717, 1.165) is 25.9 Å². The maximum atomic E-state index is 12.1. The number of aromatic nitrogens is 1. The number of benzene rings is 2. The van der Waals surface area contributed by atoms with E-state index in [2.05, 4.69) is 15.5 Å². The van der Waals surface area contributed by atoms with Crippen LogP contribution >= 0.6 is 23.1 Å². The second kappa shape index (κ2) is 7.98. The molecular weight excluding hydrogens is 382 g/mol. The highest BCUT2D eigenvalue weighted by atomic mass is 32.2. The van der Waals surface area contributed by atoms with Crippen LogP contribution in [0.4, 0.5) is 0 Å². The van der Waals surface area contributed by atoms with Gasteiger partial charge in [0.05, 0.1) is 21.7 Å². The second-order valence-electron chi connectivity index (χ2n) is 5.83. The highest BCUT2D eigenvalue weighted by molar-refractivity contribution is 8.01. The number of thioether (sulfide) groups is 1. The first-order chi connectivity index (χ1) is 13.2. The van der Waals surface area contributed by atoms with Crippen LogP contribution in [0.25, 0.3) is 10.2 Å². The van der Waals surface area contributed by atoms with Crippen molar-refractivity contribution >= 4 is 44.9 Å². The summed E-state index contributed by atoms with van der Waals surface area (Å²) in [5, 5.41) is 4.19. The zero-order valence-corrected chi connectivity index (χ0v) is 16.2. The first kappa shape index (κ1) is 17.8. The summed E-state index contributed by atoms with van der Waals surface area (Å²) in [7, 11) is 0. The third kappa shape index (κ3) is 4.23. The van der Waals surface area contributed by atoms with Crippen LogP contribution in [0.1, 0.15) is 12.5 Å². The zero-order chi connectivity index (χ0) is 18.6. The summed E-state index contributed by atoms with van der Waals surface area (Å²) < 4.78 is 13.1. The predicted octanol–water partition coefficient (Wildman–Crippen LogP) is 3.70. The molecule has 1 aliphatic rings. The van der Waals surface area contributed by atoms with Gasteiger partial charge in [0.2, 0.25) is 0 Å². The number of ether oxygens (including phenoxy) is 2. The molecule has 3 aromatic rings. The van der Waals surface area contributed by atoms with Crippen molar-refractivity contribution in [3.63, 3.8) is 0 Å². The van der Waals surface area contributed by atoms with E-state index in [1.165, 1.54) is 11.8 Å². The topological polar surface area (TPSA) is 72.8 Å². The van der Waals surface area contributed by atoms with Crippen LogP contribution in [0, 0.1) is 0 Å². The Hall–Kier alpha value is -2.58. The van der Waals surface area contributed by atoms with Crippen LogP contribution < -0.4 is 14.9 Å². The smallest absolute Gasteiger partial charge is 0.250 e. The molecule has 1 N–H and O–H groups in total. The van der Waals surface area contributed by atoms with Crippen molar-refractivity contribution in [1.29, 1.82) is 0 Å². The van der Waals surface area contributed by atoms with E-state index < -0.39 is 0 Å². The average molecular weight is 399 g/mol. The molecule has 1 amide bonds. The van der Waals surface area contributed by atoms with E-state index in [-0.39, 0.29) is 11.7 Å². The van der Waals surface area contributed by atoms with Crippen molar-refractivity contribution in [3.8, 4) is 11.5 Å². The van der Waals surface area contributed by atoms with E-state index in [9.17, 15) is 4.79 Å². The zero-order valence-electron chi connectivity index (χ0n) is 14.6. The minimum Gasteiger partial charge on any atom is -0.486 e. The highest BCUT2D eigenvalue weighted by Crippen LogP contribution is 2.31. The lowest BCUT2D eigenvalue weighted by Crippen LogP contribution is -2.21. The van der Waals surface area contributed by atoms with Gasteiger partial charge in [0.15, 0.2) is 15.8 Å². The SMILES string of the molecule is CC(=NNC(=O)CSc1nc2ccccc2s1)c1ccc2c(c1)OCCO2. The summed E-state index contributed by atoms with van der Waals surface area (Å²) in [6, 6.07) is 13.6. The van der Waals surface area contributed by atoms with Gasteiger partial charge in [-0.05, 0) is 37.3 Å². The van der Waals surface area contributed by atoms with Crippen LogP contribution in [-0.2, 0) is 4.79 Å². The van der Waals surface area contributed by atoms with Gasteiger partial charge in [-0.15, -0.1) is 11.3 Å². The molecule has 0 bridgehead atoms. The Morgan fingerprint density at radius 1 is 1.22 bits per heavy atom. The molecule has 0 atom stereocenters. The summed E-state index contributed by atoms with van der Waals surface area (Å²) in [6.07, 6.45) is 0. The van der Waals surface area contributed by atoms with Gasteiger partial charge in [-0.2, -0.15) is 5.10 Å². The fraction of sp³-hybridized carbons (Fsp3) is 0.211. The number of hydrogen-bond donors (Lipinski definition) is 1. The van der Waals surface area contributed by atoms with Crippen molar-refractivity contribution in [3.05, 3.63) is 48.0 Å². The summed E-state index contributed by atoms with van der Waals surface area (Å²) in [6.45, 7) is 2.93. The quantitative estimate of drug-likeness (QED) is 0.402. The minimum atomic E-state index is -0.170. The lowest BCUT2D eigenvalue weighted by Gasteiger charge is -2.18. The van der Waals surface area contributed by atoms with E-state index in [1.54, 1.807) is 11.3 Å². The molecule has 27 heavy (non-hydrogen) atoms. The van der Waals surface area contributed by atoms with E-state index in [4.69, 9.17) is 9.47 Å². The number of carbonyl (C=O) groups is 1. The second-order valence-corrected chi connectivity index (χ2v) is 8.08. The Morgan fingerprint density at radius 2 is 2.04 bits per heavy atom. The molecule has 138 valence electrons. The van der Waals surface area contributed by atoms with Gasteiger partial charge in [-0.3, -0.25) is 4.79 Å². The molecule has 0 fully saturated rings. The van der Waals surface area contributed by atoms with Crippen LogP contribution in [-0.4, -0.2) is 35.6 Å². The number of carbonyl (C=O) groups excluding carboxylic acids is 1. The number of amides is 1. The van der Waals surface area contributed by atoms with Crippen molar-refractivity contribution in [2.75, 3.05) is 19.0 Å². The maximum Gasteiger partial charge on any atom is 0.250 e. The van der Waals surface area contributed by atoms with Gasteiger partial charge in [0.25, 0.3) is 5.91 Å². The number of hydrogen-bond acceptors (Lipinski definition) is 7. The lowest BCUT2D eigenvalue weighted by molar-refractivity contribution is -0.118. The number of thiazole rings is 1. The molecule has 4 rings (SSSR count). The Bertz CT molecular complexity index is 983. The number of nitrogens with one attached hydrogen (secondary N) is 1. The highest BCUT2D eigenvalue weighted by Gasteiger charge is 2.13. The molecule has 0 unspecified atom stereocenters. The Kier molecular flexibility index (Phi) is 5.26.